The van der Waals surface area contributed by atoms with Crippen molar-refractivity contribution < 1.29 is 8.42 Å². The molecule has 1 aromatic carbocycles. The van der Waals surface area contributed by atoms with E-state index in [0.717, 1.165) is 34.5 Å². The van der Waals surface area contributed by atoms with Gasteiger partial charge >= 0.3 is 0 Å². The molecule has 35 heavy (non-hydrogen) atoms. The molecule has 0 bridgehead atoms. The van der Waals surface area contributed by atoms with Crippen molar-refractivity contribution in [1.29, 1.82) is 0 Å². The topological polar surface area (TPSA) is 93.9 Å². The third-order valence-electron chi connectivity index (χ3n) is 6.26. The SMILES string of the molecule is CCc1ccc(C(CC(C)C)N(C)S(=O)(=O)c2ccc(Cn3c(C)nc4cnccc43)cc2)nn1. The third-order valence-corrected chi connectivity index (χ3v) is 8.14. The summed E-state index contributed by atoms with van der Waals surface area (Å²) in [7, 11) is -2.11. The van der Waals surface area contributed by atoms with Gasteiger partial charge in [0.25, 0.3) is 0 Å². The van der Waals surface area contributed by atoms with Gasteiger partial charge in [0.05, 0.1) is 34.0 Å². The first-order valence-corrected chi connectivity index (χ1v) is 13.3. The maximum atomic E-state index is 13.6. The highest BCUT2D eigenvalue weighted by atomic mass is 32.2. The normalized spacial score (nSPS) is 13.1. The van der Waals surface area contributed by atoms with Crippen LogP contribution in [-0.2, 0) is 23.0 Å². The van der Waals surface area contributed by atoms with Crippen LogP contribution in [0.15, 0.2) is 59.8 Å². The summed E-state index contributed by atoms with van der Waals surface area (Å²) in [6, 6.07) is 12.4. The van der Waals surface area contributed by atoms with E-state index in [9.17, 15) is 8.42 Å². The molecule has 3 aromatic heterocycles. The van der Waals surface area contributed by atoms with Crippen molar-refractivity contribution in [2.24, 2.45) is 5.92 Å². The van der Waals surface area contributed by atoms with Crippen molar-refractivity contribution in [3.63, 3.8) is 0 Å². The van der Waals surface area contributed by atoms with Crippen LogP contribution in [0.2, 0.25) is 0 Å². The van der Waals surface area contributed by atoms with Crippen LogP contribution >= 0.6 is 0 Å². The first kappa shape index (κ1) is 24.9. The summed E-state index contributed by atoms with van der Waals surface area (Å²) in [6.07, 6.45) is 4.93. The molecule has 184 valence electrons. The monoisotopic (exact) mass is 492 g/mol. The average Bonchev–Trinajstić information content (AvgIpc) is 3.17. The molecule has 0 aliphatic heterocycles. The lowest BCUT2D eigenvalue weighted by Crippen LogP contribution is -2.33. The molecule has 9 heteroatoms. The second kappa shape index (κ2) is 10.2. The fraction of sp³-hybridized carbons (Fsp3) is 0.385. The molecule has 0 spiro atoms. The largest absolute Gasteiger partial charge is 0.324 e. The van der Waals surface area contributed by atoms with E-state index >= 15 is 0 Å². The summed E-state index contributed by atoms with van der Waals surface area (Å²) >= 11 is 0. The van der Waals surface area contributed by atoms with Crippen LogP contribution in [0.25, 0.3) is 11.0 Å². The summed E-state index contributed by atoms with van der Waals surface area (Å²) in [5, 5.41) is 8.61. The molecule has 1 atom stereocenters. The van der Waals surface area contributed by atoms with Crippen molar-refractivity contribution >= 4 is 21.1 Å². The lowest BCUT2D eigenvalue weighted by atomic mass is 10.0. The first-order valence-electron chi connectivity index (χ1n) is 11.9. The Morgan fingerprint density at radius 1 is 1.03 bits per heavy atom. The molecule has 8 nitrogen and oxygen atoms in total. The fourth-order valence-electron chi connectivity index (χ4n) is 4.22. The van der Waals surface area contributed by atoms with Crippen LogP contribution in [0.4, 0.5) is 0 Å². The van der Waals surface area contributed by atoms with Gasteiger partial charge in [-0.3, -0.25) is 4.98 Å². The van der Waals surface area contributed by atoms with E-state index in [-0.39, 0.29) is 10.8 Å². The number of nitrogens with zero attached hydrogens (tertiary/aromatic N) is 6. The molecule has 0 radical (unpaired) electrons. The van der Waals surface area contributed by atoms with E-state index in [2.05, 4.69) is 38.6 Å². The molecular formula is C26H32N6O2S. The van der Waals surface area contributed by atoms with E-state index in [1.165, 1.54) is 4.31 Å². The number of benzene rings is 1. The summed E-state index contributed by atoms with van der Waals surface area (Å²) in [4.78, 5) is 8.95. The number of pyridine rings is 1. The van der Waals surface area contributed by atoms with E-state index in [1.807, 2.05) is 44.2 Å². The molecule has 0 aliphatic carbocycles. The number of sulfonamides is 1. The summed E-state index contributed by atoms with van der Waals surface area (Å²) < 4.78 is 30.7. The average molecular weight is 493 g/mol. The van der Waals surface area contributed by atoms with Gasteiger partial charge in [-0.25, -0.2) is 13.4 Å². The molecule has 0 aliphatic rings. The molecule has 0 fully saturated rings. The zero-order valence-electron chi connectivity index (χ0n) is 20.9. The Hall–Kier alpha value is -3.17. The molecular weight excluding hydrogens is 460 g/mol. The van der Waals surface area contributed by atoms with Gasteiger partial charge in [0.15, 0.2) is 0 Å². The quantitative estimate of drug-likeness (QED) is 0.340. The van der Waals surface area contributed by atoms with Crippen molar-refractivity contribution in [2.45, 2.75) is 58.0 Å². The van der Waals surface area contributed by atoms with Crippen LogP contribution in [0.1, 0.15) is 56.0 Å². The number of fused-ring (bicyclic) bond motifs is 1. The Labute approximate surface area is 207 Å². The van der Waals surface area contributed by atoms with Gasteiger partial charge in [-0.2, -0.15) is 14.5 Å². The molecule has 1 unspecified atom stereocenters. The molecule has 4 rings (SSSR count). The highest BCUT2D eigenvalue weighted by Gasteiger charge is 2.31. The molecule has 0 N–H and O–H groups in total. The van der Waals surface area contributed by atoms with Crippen LogP contribution in [0.3, 0.4) is 0 Å². The van der Waals surface area contributed by atoms with Crippen LogP contribution in [-0.4, -0.2) is 44.5 Å². The van der Waals surface area contributed by atoms with Gasteiger partial charge in [0.2, 0.25) is 10.0 Å². The van der Waals surface area contributed by atoms with Crippen LogP contribution in [0.5, 0.6) is 0 Å². The molecule has 3 heterocycles. The molecule has 0 saturated carbocycles. The summed E-state index contributed by atoms with van der Waals surface area (Å²) in [5.74, 6) is 1.17. The van der Waals surface area contributed by atoms with Gasteiger partial charge in [-0.05, 0) is 61.6 Å². The number of hydrogen-bond donors (Lipinski definition) is 0. The maximum Gasteiger partial charge on any atom is 0.243 e. The fourth-order valence-corrected chi connectivity index (χ4v) is 5.57. The molecule has 4 aromatic rings. The summed E-state index contributed by atoms with van der Waals surface area (Å²) in [6.45, 7) is 8.72. The first-order chi connectivity index (χ1) is 16.7. The minimum absolute atomic E-state index is 0.257. The smallest absolute Gasteiger partial charge is 0.243 e. The Kier molecular flexibility index (Phi) is 7.28. The van der Waals surface area contributed by atoms with Gasteiger partial charge < -0.3 is 4.57 Å². The minimum Gasteiger partial charge on any atom is -0.324 e. The van der Waals surface area contributed by atoms with Crippen LogP contribution in [0, 0.1) is 12.8 Å². The van der Waals surface area contributed by atoms with E-state index in [1.54, 1.807) is 31.6 Å². The van der Waals surface area contributed by atoms with E-state index < -0.39 is 16.1 Å². The van der Waals surface area contributed by atoms with Crippen molar-refractivity contribution in [1.82, 2.24) is 29.0 Å². The Bertz CT molecular complexity index is 1400. The minimum atomic E-state index is -3.73. The lowest BCUT2D eigenvalue weighted by Gasteiger charge is -2.28. The summed E-state index contributed by atoms with van der Waals surface area (Å²) in [5.41, 5.74) is 4.38. The Morgan fingerprint density at radius 3 is 2.40 bits per heavy atom. The molecule has 0 amide bonds. The number of rotatable bonds is 9. The predicted molar refractivity (Wildman–Crippen MR) is 136 cm³/mol. The maximum absolute atomic E-state index is 13.6. The Balaban J connectivity index is 1.59. The highest BCUT2D eigenvalue weighted by molar-refractivity contribution is 7.89. The molecule has 0 saturated heterocycles. The van der Waals surface area contributed by atoms with Gasteiger partial charge in [-0.15, -0.1) is 0 Å². The second-order valence-corrected chi connectivity index (χ2v) is 11.2. The van der Waals surface area contributed by atoms with Crippen molar-refractivity contribution in [2.75, 3.05) is 7.05 Å². The van der Waals surface area contributed by atoms with Gasteiger partial charge in [-0.1, -0.05) is 32.9 Å². The zero-order valence-corrected chi connectivity index (χ0v) is 21.7. The predicted octanol–water partition coefficient (Wildman–Crippen LogP) is 4.55. The van der Waals surface area contributed by atoms with Crippen molar-refractivity contribution in [3.8, 4) is 0 Å². The zero-order chi connectivity index (χ0) is 25.2. The second-order valence-electron chi connectivity index (χ2n) is 9.22. The number of hydrogen-bond acceptors (Lipinski definition) is 6. The van der Waals surface area contributed by atoms with Gasteiger partial charge in [0, 0.05) is 19.8 Å². The number of aryl methyl sites for hydroxylation is 2. The van der Waals surface area contributed by atoms with E-state index in [0.29, 0.717) is 18.7 Å². The Morgan fingerprint density at radius 2 is 1.77 bits per heavy atom. The number of aromatic nitrogens is 5. The lowest BCUT2D eigenvalue weighted by molar-refractivity contribution is 0.316. The standard InChI is InChI=1S/C26H32N6O2S/c1-6-21-9-12-23(30-29-21)26(15-18(2)3)31(5)35(33,34)22-10-7-20(8-11-22)17-32-19(4)28-24-16-27-14-13-25(24)32/h7-14,16,18,26H,6,15,17H2,1-5H3. The van der Waals surface area contributed by atoms with E-state index in [4.69, 9.17) is 0 Å². The number of imidazole rings is 1. The van der Waals surface area contributed by atoms with Crippen molar-refractivity contribution in [3.05, 3.63) is 77.6 Å². The highest BCUT2D eigenvalue weighted by Crippen LogP contribution is 2.30. The third kappa shape index (κ3) is 5.26. The van der Waals surface area contributed by atoms with Gasteiger partial charge in [0.1, 0.15) is 11.3 Å². The van der Waals surface area contributed by atoms with Crippen LogP contribution < -0.4 is 0 Å².